The number of hydroxylamine groups is 1. The van der Waals surface area contributed by atoms with Crippen LogP contribution in [0.5, 0.6) is 0 Å². The fraction of sp³-hybridized carbons (Fsp3) is 0.462. The predicted octanol–water partition coefficient (Wildman–Crippen LogP) is 3.05. The highest BCUT2D eigenvalue weighted by Crippen LogP contribution is 2.23. The van der Waals surface area contributed by atoms with Crippen molar-refractivity contribution in [2.45, 2.75) is 38.5 Å². The Morgan fingerprint density at radius 1 is 1.44 bits per heavy atom. The van der Waals surface area contributed by atoms with Crippen molar-refractivity contribution in [1.29, 1.82) is 0 Å². The lowest BCUT2D eigenvalue weighted by Gasteiger charge is -2.23. The second-order valence-corrected chi connectivity index (χ2v) is 5.03. The number of anilines is 1. The molecule has 0 aromatic carbocycles. The Labute approximate surface area is 112 Å². The van der Waals surface area contributed by atoms with Crippen LogP contribution in [0.2, 0.25) is 5.02 Å². The molecule has 1 aliphatic carbocycles. The lowest BCUT2D eigenvalue weighted by molar-refractivity contribution is 0.0308. The zero-order chi connectivity index (χ0) is 13.1. The molecule has 0 spiro atoms. The number of aromatic nitrogens is 1. The molecule has 0 bridgehead atoms. The van der Waals surface area contributed by atoms with E-state index in [0.717, 1.165) is 11.5 Å². The van der Waals surface area contributed by atoms with Gasteiger partial charge in [0.1, 0.15) is 0 Å². The van der Waals surface area contributed by atoms with E-state index in [1.165, 1.54) is 6.20 Å². The Morgan fingerprint density at radius 3 is 2.83 bits per heavy atom. The molecule has 1 heterocycles. The molecule has 18 heavy (non-hydrogen) atoms. The SMILES string of the molecule is CC(C)OC1C=C[C@@H](N(O)c2ccc(Cl)cn2)C1. The molecule has 1 unspecified atom stereocenters. The quantitative estimate of drug-likeness (QED) is 0.673. The zero-order valence-corrected chi connectivity index (χ0v) is 11.2. The summed E-state index contributed by atoms with van der Waals surface area (Å²) in [6.45, 7) is 4.00. The minimum Gasteiger partial charge on any atom is -0.371 e. The Morgan fingerprint density at radius 2 is 2.22 bits per heavy atom. The number of pyridine rings is 1. The van der Waals surface area contributed by atoms with E-state index in [1.54, 1.807) is 12.1 Å². The first-order chi connectivity index (χ1) is 8.56. The number of hydrogen-bond acceptors (Lipinski definition) is 4. The van der Waals surface area contributed by atoms with Gasteiger partial charge in [0.25, 0.3) is 0 Å². The summed E-state index contributed by atoms with van der Waals surface area (Å²) in [6.07, 6.45) is 6.38. The standard InChI is InChI=1S/C13H17ClN2O2/c1-9(2)18-12-5-4-11(7-12)16(17)13-6-3-10(14)8-15-13/h3-6,8-9,11-12,17H,7H2,1-2H3/t11-,12?/m1/s1. The smallest absolute Gasteiger partial charge is 0.152 e. The normalized spacial score (nSPS) is 22.7. The second kappa shape index (κ2) is 5.69. The number of hydrogen-bond donors (Lipinski definition) is 1. The summed E-state index contributed by atoms with van der Waals surface area (Å²) in [5.41, 5.74) is 0. The highest BCUT2D eigenvalue weighted by molar-refractivity contribution is 6.30. The molecular weight excluding hydrogens is 252 g/mol. The lowest BCUT2D eigenvalue weighted by Crippen LogP contribution is -2.31. The van der Waals surface area contributed by atoms with Crippen LogP contribution in [0.15, 0.2) is 30.5 Å². The van der Waals surface area contributed by atoms with Crippen molar-refractivity contribution in [1.82, 2.24) is 4.98 Å². The van der Waals surface area contributed by atoms with Crippen LogP contribution in [0.25, 0.3) is 0 Å². The van der Waals surface area contributed by atoms with Crippen molar-refractivity contribution >= 4 is 17.4 Å². The van der Waals surface area contributed by atoms with Crippen molar-refractivity contribution in [3.8, 4) is 0 Å². The first kappa shape index (κ1) is 13.3. The van der Waals surface area contributed by atoms with Gasteiger partial charge in [0, 0.05) is 12.6 Å². The summed E-state index contributed by atoms with van der Waals surface area (Å²) in [4.78, 5) is 4.08. The highest BCUT2D eigenvalue weighted by atomic mass is 35.5. The van der Waals surface area contributed by atoms with Crippen molar-refractivity contribution in [2.75, 3.05) is 5.06 Å². The maximum absolute atomic E-state index is 10.1. The van der Waals surface area contributed by atoms with Gasteiger partial charge in [-0.05, 0) is 26.0 Å². The molecule has 0 amide bonds. The van der Waals surface area contributed by atoms with Crippen molar-refractivity contribution in [3.05, 3.63) is 35.5 Å². The van der Waals surface area contributed by atoms with Gasteiger partial charge in [0.05, 0.1) is 23.3 Å². The van der Waals surface area contributed by atoms with E-state index >= 15 is 0 Å². The zero-order valence-electron chi connectivity index (χ0n) is 10.5. The topological polar surface area (TPSA) is 45.6 Å². The van der Waals surface area contributed by atoms with Crippen molar-refractivity contribution < 1.29 is 9.94 Å². The number of ether oxygens (including phenoxy) is 1. The van der Waals surface area contributed by atoms with Gasteiger partial charge in [0.15, 0.2) is 5.82 Å². The lowest BCUT2D eigenvalue weighted by atomic mass is 10.2. The monoisotopic (exact) mass is 268 g/mol. The summed E-state index contributed by atoms with van der Waals surface area (Å²) >= 11 is 5.76. The van der Waals surface area contributed by atoms with Crippen LogP contribution in [-0.4, -0.2) is 28.4 Å². The second-order valence-electron chi connectivity index (χ2n) is 4.59. The van der Waals surface area contributed by atoms with Gasteiger partial charge >= 0.3 is 0 Å². The number of halogens is 1. The van der Waals surface area contributed by atoms with Crippen LogP contribution in [-0.2, 0) is 4.74 Å². The summed E-state index contributed by atoms with van der Waals surface area (Å²) in [5.74, 6) is 0.485. The third-order valence-corrected chi connectivity index (χ3v) is 2.95. The summed E-state index contributed by atoms with van der Waals surface area (Å²) < 4.78 is 5.68. The van der Waals surface area contributed by atoms with Gasteiger partial charge in [-0.1, -0.05) is 23.8 Å². The summed E-state index contributed by atoms with van der Waals surface area (Å²) in [7, 11) is 0. The predicted molar refractivity (Wildman–Crippen MR) is 71.1 cm³/mol. The molecule has 1 N–H and O–H groups in total. The molecule has 2 atom stereocenters. The largest absolute Gasteiger partial charge is 0.371 e. The van der Waals surface area contributed by atoms with Gasteiger partial charge in [-0.2, -0.15) is 0 Å². The highest BCUT2D eigenvalue weighted by Gasteiger charge is 2.25. The van der Waals surface area contributed by atoms with Crippen LogP contribution in [0.4, 0.5) is 5.82 Å². The summed E-state index contributed by atoms with van der Waals surface area (Å²) in [6, 6.07) is 3.28. The third-order valence-electron chi connectivity index (χ3n) is 2.73. The van der Waals surface area contributed by atoms with E-state index in [9.17, 15) is 5.21 Å². The maximum atomic E-state index is 10.1. The molecule has 1 aliphatic rings. The molecule has 98 valence electrons. The van der Waals surface area contributed by atoms with E-state index in [-0.39, 0.29) is 18.2 Å². The van der Waals surface area contributed by atoms with E-state index < -0.39 is 0 Å². The fourth-order valence-corrected chi connectivity index (χ4v) is 2.06. The van der Waals surface area contributed by atoms with Gasteiger partial charge in [-0.25, -0.2) is 10.0 Å². The average Bonchev–Trinajstić information content (AvgIpc) is 2.76. The van der Waals surface area contributed by atoms with E-state index in [4.69, 9.17) is 16.3 Å². The first-order valence-electron chi connectivity index (χ1n) is 5.99. The van der Waals surface area contributed by atoms with Crippen molar-refractivity contribution in [2.24, 2.45) is 0 Å². The number of nitrogens with zero attached hydrogens (tertiary/aromatic N) is 2. The molecule has 2 rings (SSSR count). The molecule has 0 saturated carbocycles. The maximum Gasteiger partial charge on any atom is 0.152 e. The molecular formula is C13H17ClN2O2. The number of rotatable bonds is 4. The minimum atomic E-state index is -0.109. The Kier molecular flexibility index (Phi) is 4.22. The van der Waals surface area contributed by atoms with Crippen LogP contribution in [0.3, 0.4) is 0 Å². The average molecular weight is 269 g/mol. The van der Waals surface area contributed by atoms with Crippen LogP contribution in [0, 0.1) is 0 Å². The van der Waals surface area contributed by atoms with E-state index in [0.29, 0.717) is 10.8 Å². The first-order valence-corrected chi connectivity index (χ1v) is 6.37. The molecule has 1 aromatic heterocycles. The Hall–Kier alpha value is -1.10. The van der Waals surface area contributed by atoms with Gasteiger partial charge < -0.3 is 4.74 Å². The molecule has 5 heteroatoms. The van der Waals surface area contributed by atoms with Crippen molar-refractivity contribution in [3.63, 3.8) is 0 Å². The summed E-state index contributed by atoms with van der Waals surface area (Å²) in [5, 5.41) is 11.8. The van der Waals surface area contributed by atoms with Crippen LogP contribution >= 0.6 is 11.6 Å². The third kappa shape index (κ3) is 3.22. The van der Waals surface area contributed by atoms with Crippen LogP contribution < -0.4 is 5.06 Å². The van der Waals surface area contributed by atoms with Gasteiger partial charge in [-0.3, -0.25) is 5.21 Å². The molecule has 0 radical (unpaired) electrons. The molecule has 0 saturated heterocycles. The minimum absolute atomic E-state index is 0.0527. The Bertz CT molecular complexity index is 420. The fourth-order valence-electron chi connectivity index (χ4n) is 1.95. The van der Waals surface area contributed by atoms with E-state index in [1.807, 2.05) is 26.0 Å². The van der Waals surface area contributed by atoms with E-state index in [2.05, 4.69) is 4.98 Å². The van der Waals surface area contributed by atoms with Gasteiger partial charge in [-0.15, -0.1) is 0 Å². The molecule has 0 aliphatic heterocycles. The Balaban J connectivity index is 1.97. The van der Waals surface area contributed by atoms with Gasteiger partial charge in [0.2, 0.25) is 0 Å². The molecule has 4 nitrogen and oxygen atoms in total. The molecule has 1 aromatic rings. The molecule has 0 fully saturated rings. The van der Waals surface area contributed by atoms with Crippen LogP contribution in [0.1, 0.15) is 20.3 Å².